The Morgan fingerprint density at radius 3 is 2.62 bits per heavy atom. The molecule has 6 nitrogen and oxygen atoms in total. The number of hydrogen-bond acceptors (Lipinski definition) is 5. The summed E-state index contributed by atoms with van der Waals surface area (Å²) in [4.78, 5) is 16.8. The lowest BCUT2D eigenvalue weighted by Gasteiger charge is -2.10. The zero-order chi connectivity index (χ0) is 18.5. The van der Waals surface area contributed by atoms with Gasteiger partial charge < -0.3 is 19.2 Å². The summed E-state index contributed by atoms with van der Waals surface area (Å²) in [6, 6.07) is 13.0. The number of carbonyl (C=O) groups excluding carboxylic acids is 1. The van der Waals surface area contributed by atoms with E-state index in [0.29, 0.717) is 22.8 Å². The highest BCUT2D eigenvalue weighted by Crippen LogP contribution is 2.33. The number of ether oxygens (including phenoxy) is 2. The summed E-state index contributed by atoms with van der Waals surface area (Å²) in [7, 11) is 3.12. The van der Waals surface area contributed by atoms with Gasteiger partial charge in [0.1, 0.15) is 0 Å². The first-order valence-electron chi connectivity index (χ1n) is 8.23. The number of nitrogens with zero attached hydrogens (tertiary/aromatic N) is 1. The van der Waals surface area contributed by atoms with Crippen molar-refractivity contribution in [3.8, 4) is 22.8 Å². The maximum Gasteiger partial charge on any atom is 0.278 e. The average molecular weight is 352 g/mol. The minimum Gasteiger partial charge on any atom is -0.493 e. The fraction of sp³-hybridized carbons (Fsp3) is 0.200. The molecule has 0 fully saturated rings. The number of carbonyl (C=O) groups is 1. The molecule has 0 saturated heterocycles. The molecule has 1 aromatic heterocycles. The molecular formula is C20H20N2O4. The third kappa shape index (κ3) is 3.39. The molecule has 3 aromatic rings. The number of amides is 1. The van der Waals surface area contributed by atoms with E-state index in [0.717, 1.165) is 17.7 Å². The van der Waals surface area contributed by atoms with E-state index in [4.69, 9.17) is 13.9 Å². The van der Waals surface area contributed by atoms with Crippen LogP contribution in [0.25, 0.3) is 11.3 Å². The first-order chi connectivity index (χ1) is 12.7. The molecule has 0 bridgehead atoms. The number of methoxy groups -OCH3 is 2. The standard InChI is InChI=1S/C20H20N2O4/c1-4-13-7-5-6-8-15(13)22-20(23)18-19(26-12-21-18)14-9-10-16(24-2)17(11-14)25-3/h5-12H,4H2,1-3H3,(H,22,23). The molecule has 1 amide bonds. The normalized spacial score (nSPS) is 10.4. The quantitative estimate of drug-likeness (QED) is 0.721. The van der Waals surface area contributed by atoms with Crippen LogP contribution in [0.5, 0.6) is 11.5 Å². The van der Waals surface area contributed by atoms with Gasteiger partial charge in [0.15, 0.2) is 29.3 Å². The van der Waals surface area contributed by atoms with Crippen molar-refractivity contribution in [3.63, 3.8) is 0 Å². The number of hydrogen-bond donors (Lipinski definition) is 1. The van der Waals surface area contributed by atoms with E-state index in [-0.39, 0.29) is 11.6 Å². The average Bonchev–Trinajstić information content (AvgIpc) is 3.17. The Bertz CT molecular complexity index is 918. The number of rotatable bonds is 6. The molecule has 1 N–H and O–H groups in total. The molecule has 0 unspecified atom stereocenters. The summed E-state index contributed by atoms with van der Waals surface area (Å²) in [6.45, 7) is 2.04. The molecule has 6 heteroatoms. The van der Waals surface area contributed by atoms with Gasteiger partial charge in [-0.15, -0.1) is 0 Å². The van der Waals surface area contributed by atoms with Crippen LogP contribution in [0.3, 0.4) is 0 Å². The van der Waals surface area contributed by atoms with E-state index in [9.17, 15) is 4.79 Å². The Morgan fingerprint density at radius 2 is 1.88 bits per heavy atom. The maximum atomic E-state index is 12.7. The van der Waals surface area contributed by atoms with E-state index in [1.165, 1.54) is 6.39 Å². The van der Waals surface area contributed by atoms with Crippen molar-refractivity contribution in [2.75, 3.05) is 19.5 Å². The van der Waals surface area contributed by atoms with Crippen molar-refractivity contribution >= 4 is 11.6 Å². The molecule has 2 aromatic carbocycles. The minimum atomic E-state index is -0.329. The molecule has 134 valence electrons. The van der Waals surface area contributed by atoms with Crippen molar-refractivity contribution < 1.29 is 18.7 Å². The van der Waals surface area contributed by atoms with Gasteiger partial charge >= 0.3 is 0 Å². The molecule has 0 saturated carbocycles. The fourth-order valence-electron chi connectivity index (χ4n) is 2.72. The Hall–Kier alpha value is -3.28. The molecule has 0 aliphatic rings. The first-order valence-corrected chi connectivity index (χ1v) is 8.23. The number of oxazole rings is 1. The van der Waals surface area contributed by atoms with Crippen LogP contribution in [-0.2, 0) is 6.42 Å². The second-order valence-corrected chi connectivity index (χ2v) is 5.56. The monoisotopic (exact) mass is 352 g/mol. The number of nitrogens with one attached hydrogen (secondary N) is 1. The summed E-state index contributed by atoms with van der Waals surface area (Å²) in [5.74, 6) is 1.18. The summed E-state index contributed by atoms with van der Waals surface area (Å²) in [5, 5.41) is 2.91. The zero-order valence-corrected chi connectivity index (χ0v) is 14.9. The third-order valence-corrected chi connectivity index (χ3v) is 4.07. The van der Waals surface area contributed by atoms with Crippen molar-refractivity contribution in [1.82, 2.24) is 4.98 Å². The second kappa shape index (κ2) is 7.74. The lowest BCUT2D eigenvalue weighted by atomic mass is 10.1. The second-order valence-electron chi connectivity index (χ2n) is 5.56. The van der Waals surface area contributed by atoms with Gasteiger partial charge in [-0.05, 0) is 36.2 Å². The molecule has 3 rings (SSSR count). The predicted molar refractivity (Wildman–Crippen MR) is 98.8 cm³/mol. The predicted octanol–water partition coefficient (Wildman–Crippen LogP) is 4.17. The molecular weight excluding hydrogens is 332 g/mol. The molecule has 0 aliphatic carbocycles. The van der Waals surface area contributed by atoms with Crippen LogP contribution in [0.15, 0.2) is 53.3 Å². The van der Waals surface area contributed by atoms with Crippen molar-refractivity contribution in [2.45, 2.75) is 13.3 Å². The molecule has 0 radical (unpaired) electrons. The van der Waals surface area contributed by atoms with E-state index < -0.39 is 0 Å². The van der Waals surface area contributed by atoms with Crippen LogP contribution in [-0.4, -0.2) is 25.1 Å². The number of aromatic nitrogens is 1. The summed E-state index contributed by atoms with van der Waals surface area (Å²) < 4.78 is 16.0. The van der Waals surface area contributed by atoms with E-state index in [2.05, 4.69) is 10.3 Å². The summed E-state index contributed by atoms with van der Waals surface area (Å²) in [5.41, 5.74) is 2.70. The minimum absolute atomic E-state index is 0.211. The van der Waals surface area contributed by atoms with Crippen LogP contribution in [0.4, 0.5) is 5.69 Å². The Balaban J connectivity index is 1.92. The first kappa shape index (κ1) is 17.5. The smallest absolute Gasteiger partial charge is 0.278 e. The van der Waals surface area contributed by atoms with Crippen molar-refractivity contribution in [3.05, 3.63) is 60.1 Å². The van der Waals surface area contributed by atoms with Gasteiger partial charge in [-0.2, -0.15) is 0 Å². The summed E-state index contributed by atoms with van der Waals surface area (Å²) >= 11 is 0. The fourth-order valence-corrected chi connectivity index (χ4v) is 2.72. The van der Waals surface area contributed by atoms with Crippen LogP contribution in [0.1, 0.15) is 23.0 Å². The molecule has 26 heavy (non-hydrogen) atoms. The van der Waals surface area contributed by atoms with Gasteiger partial charge in [0, 0.05) is 11.3 Å². The van der Waals surface area contributed by atoms with Crippen molar-refractivity contribution in [1.29, 1.82) is 0 Å². The van der Waals surface area contributed by atoms with Crippen LogP contribution >= 0.6 is 0 Å². The van der Waals surface area contributed by atoms with Gasteiger partial charge in [0.2, 0.25) is 0 Å². The highest BCUT2D eigenvalue weighted by Gasteiger charge is 2.20. The number of benzene rings is 2. The highest BCUT2D eigenvalue weighted by molar-refractivity contribution is 6.06. The van der Waals surface area contributed by atoms with Gasteiger partial charge in [-0.25, -0.2) is 4.98 Å². The molecule has 0 aliphatic heterocycles. The third-order valence-electron chi connectivity index (χ3n) is 4.07. The number of anilines is 1. The Kier molecular flexibility index (Phi) is 5.22. The van der Waals surface area contributed by atoms with Crippen LogP contribution < -0.4 is 14.8 Å². The van der Waals surface area contributed by atoms with Gasteiger partial charge in [0.25, 0.3) is 5.91 Å². The SMILES string of the molecule is CCc1ccccc1NC(=O)c1ncoc1-c1ccc(OC)c(OC)c1. The number of para-hydroxylation sites is 1. The maximum absolute atomic E-state index is 12.7. The van der Waals surface area contributed by atoms with Crippen molar-refractivity contribution in [2.24, 2.45) is 0 Å². The van der Waals surface area contributed by atoms with Gasteiger partial charge in [-0.3, -0.25) is 4.79 Å². The van der Waals surface area contributed by atoms with Crippen LogP contribution in [0, 0.1) is 0 Å². The Labute approximate surface area is 151 Å². The Morgan fingerprint density at radius 1 is 1.12 bits per heavy atom. The van der Waals surface area contributed by atoms with Crippen LogP contribution in [0.2, 0.25) is 0 Å². The topological polar surface area (TPSA) is 73.6 Å². The van der Waals surface area contributed by atoms with Gasteiger partial charge in [-0.1, -0.05) is 25.1 Å². The lowest BCUT2D eigenvalue weighted by Crippen LogP contribution is -2.14. The van der Waals surface area contributed by atoms with E-state index >= 15 is 0 Å². The molecule has 1 heterocycles. The highest BCUT2D eigenvalue weighted by atomic mass is 16.5. The summed E-state index contributed by atoms with van der Waals surface area (Å²) in [6.07, 6.45) is 2.07. The molecule has 0 spiro atoms. The van der Waals surface area contributed by atoms with E-state index in [1.54, 1.807) is 32.4 Å². The molecule has 0 atom stereocenters. The number of aryl methyl sites for hydroxylation is 1. The largest absolute Gasteiger partial charge is 0.493 e. The zero-order valence-electron chi connectivity index (χ0n) is 14.9. The lowest BCUT2D eigenvalue weighted by molar-refractivity contribution is 0.102. The van der Waals surface area contributed by atoms with E-state index in [1.807, 2.05) is 31.2 Å². The van der Waals surface area contributed by atoms with Gasteiger partial charge in [0.05, 0.1) is 14.2 Å².